The lowest BCUT2D eigenvalue weighted by Crippen LogP contribution is -2.35. The molecule has 0 aliphatic carbocycles. The minimum absolute atomic E-state index is 0.0345. The fraction of sp³-hybridized carbons (Fsp3) is 0.375. The van der Waals surface area contributed by atoms with Crippen LogP contribution >= 0.6 is 0 Å². The number of carbonyl (C=O) groups excluding carboxylic acids is 1. The first-order chi connectivity index (χ1) is 11.7. The Labute approximate surface area is 136 Å². The number of benzene rings is 1. The van der Waals surface area contributed by atoms with Crippen LogP contribution in [0.25, 0.3) is 11.1 Å². The summed E-state index contributed by atoms with van der Waals surface area (Å²) in [5, 5.41) is 3.82. The van der Waals surface area contributed by atoms with E-state index in [-0.39, 0.29) is 24.2 Å². The molecule has 124 valence electrons. The highest BCUT2D eigenvalue weighted by molar-refractivity contribution is 5.89. The Kier molecular flexibility index (Phi) is 3.64. The third-order valence-corrected chi connectivity index (χ3v) is 4.17. The third kappa shape index (κ3) is 2.60. The molecule has 0 radical (unpaired) electrons. The molecular weight excluding hydrogens is 312 g/mol. The summed E-state index contributed by atoms with van der Waals surface area (Å²) in [6, 6.07) is 7.10. The molecule has 8 heteroatoms. The van der Waals surface area contributed by atoms with E-state index in [9.17, 15) is 9.59 Å². The van der Waals surface area contributed by atoms with Crippen molar-refractivity contribution in [3.8, 4) is 0 Å². The van der Waals surface area contributed by atoms with Crippen molar-refractivity contribution < 1.29 is 13.7 Å². The second-order valence-electron chi connectivity index (χ2n) is 5.79. The minimum atomic E-state index is -0.495. The molecule has 0 spiro atoms. The minimum Gasteiger partial charge on any atom is -0.408 e. The average molecular weight is 328 g/mol. The summed E-state index contributed by atoms with van der Waals surface area (Å²) in [6.45, 7) is 1.51. The molecule has 0 N–H and O–H groups in total. The van der Waals surface area contributed by atoms with Crippen LogP contribution in [0.15, 0.2) is 38.0 Å². The number of para-hydroxylation sites is 2. The second-order valence-corrected chi connectivity index (χ2v) is 5.79. The molecule has 4 rings (SSSR count). The zero-order valence-corrected chi connectivity index (χ0v) is 13.0. The number of rotatable bonds is 3. The van der Waals surface area contributed by atoms with Gasteiger partial charge in [-0.1, -0.05) is 17.3 Å². The molecule has 2 aromatic heterocycles. The Morgan fingerprint density at radius 3 is 2.79 bits per heavy atom. The molecule has 0 atom stereocenters. The quantitative estimate of drug-likeness (QED) is 0.725. The lowest BCUT2D eigenvalue weighted by molar-refractivity contribution is 0.0674. The molecule has 24 heavy (non-hydrogen) atoms. The monoisotopic (exact) mass is 328 g/mol. The number of aromatic nitrogens is 3. The molecule has 1 aliphatic rings. The van der Waals surface area contributed by atoms with Crippen molar-refractivity contribution >= 4 is 17.0 Å². The van der Waals surface area contributed by atoms with Gasteiger partial charge >= 0.3 is 17.6 Å². The van der Waals surface area contributed by atoms with Gasteiger partial charge in [0.15, 0.2) is 11.4 Å². The maximum Gasteiger partial charge on any atom is 0.420 e. The predicted octanol–water partition coefficient (Wildman–Crippen LogP) is 1.65. The van der Waals surface area contributed by atoms with E-state index < -0.39 is 5.76 Å². The zero-order chi connectivity index (χ0) is 16.5. The Hall–Kier alpha value is -2.90. The van der Waals surface area contributed by atoms with Gasteiger partial charge in [0.1, 0.15) is 0 Å². The first-order valence-corrected chi connectivity index (χ1v) is 7.92. The van der Waals surface area contributed by atoms with Crippen LogP contribution in [-0.4, -0.2) is 38.6 Å². The van der Waals surface area contributed by atoms with Crippen LogP contribution in [0.1, 0.15) is 35.8 Å². The van der Waals surface area contributed by atoms with Gasteiger partial charge in [-0.25, -0.2) is 4.79 Å². The van der Waals surface area contributed by atoms with Crippen LogP contribution in [-0.2, 0) is 6.54 Å². The lowest BCUT2D eigenvalue weighted by Gasteiger charge is -2.24. The fourth-order valence-electron chi connectivity index (χ4n) is 2.94. The van der Waals surface area contributed by atoms with Crippen molar-refractivity contribution in [3.63, 3.8) is 0 Å². The van der Waals surface area contributed by atoms with Gasteiger partial charge in [0, 0.05) is 13.1 Å². The lowest BCUT2D eigenvalue weighted by atomic mass is 10.1. The second kappa shape index (κ2) is 5.95. The molecule has 1 fully saturated rings. The topological polar surface area (TPSA) is 94.4 Å². The number of likely N-dealkylation sites (tertiary alicyclic amines) is 1. The molecular formula is C16H16N4O4. The molecule has 1 aliphatic heterocycles. The van der Waals surface area contributed by atoms with Crippen molar-refractivity contribution in [1.29, 1.82) is 0 Å². The van der Waals surface area contributed by atoms with Crippen LogP contribution < -0.4 is 5.76 Å². The first kappa shape index (κ1) is 14.7. The number of hydrogen-bond acceptors (Lipinski definition) is 6. The number of hydrogen-bond donors (Lipinski definition) is 0. The molecule has 8 nitrogen and oxygen atoms in total. The summed E-state index contributed by atoms with van der Waals surface area (Å²) in [5.74, 6) is -0.514. The summed E-state index contributed by atoms with van der Waals surface area (Å²) in [5.41, 5.74) is 1.15. The highest BCUT2D eigenvalue weighted by atomic mass is 16.5. The van der Waals surface area contributed by atoms with Gasteiger partial charge in [0.05, 0.1) is 12.1 Å². The molecule has 1 aromatic carbocycles. The standard InChI is InChI=1S/C16H16N4O4/c21-15(19-8-4-1-5-9-19)14-17-13(18-24-14)10-20-11-6-2-3-7-12(11)23-16(20)22/h2-3,6-7H,1,4-5,8-10H2. The molecule has 0 saturated carbocycles. The Morgan fingerprint density at radius 2 is 1.96 bits per heavy atom. The number of piperidine rings is 1. The number of nitrogens with zero attached hydrogens (tertiary/aromatic N) is 4. The number of amides is 1. The Balaban J connectivity index is 1.57. The molecule has 0 bridgehead atoms. The van der Waals surface area contributed by atoms with Gasteiger partial charge in [0.25, 0.3) is 0 Å². The first-order valence-electron chi connectivity index (χ1n) is 7.92. The average Bonchev–Trinajstić information content (AvgIpc) is 3.21. The maximum atomic E-state index is 12.3. The van der Waals surface area contributed by atoms with Crippen molar-refractivity contribution in [2.75, 3.05) is 13.1 Å². The maximum absolute atomic E-state index is 12.3. The van der Waals surface area contributed by atoms with Gasteiger partial charge in [-0.15, -0.1) is 0 Å². The Bertz CT molecular complexity index is 933. The van der Waals surface area contributed by atoms with E-state index in [1.165, 1.54) is 4.57 Å². The van der Waals surface area contributed by atoms with E-state index in [4.69, 9.17) is 8.94 Å². The van der Waals surface area contributed by atoms with E-state index in [1.807, 2.05) is 6.07 Å². The predicted molar refractivity (Wildman–Crippen MR) is 83.6 cm³/mol. The SMILES string of the molecule is O=C(c1nc(Cn2c(=O)oc3ccccc32)no1)N1CCCCC1. The van der Waals surface area contributed by atoms with Crippen LogP contribution in [0, 0.1) is 0 Å². The molecule has 0 unspecified atom stereocenters. The van der Waals surface area contributed by atoms with Gasteiger partial charge in [-0.3, -0.25) is 9.36 Å². The normalized spacial score (nSPS) is 15.1. The summed E-state index contributed by atoms with van der Waals surface area (Å²) in [4.78, 5) is 30.2. The molecule has 3 aromatic rings. The van der Waals surface area contributed by atoms with Crippen molar-refractivity contribution in [3.05, 3.63) is 46.5 Å². The number of oxazole rings is 1. The summed E-state index contributed by atoms with van der Waals surface area (Å²) >= 11 is 0. The third-order valence-electron chi connectivity index (χ3n) is 4.17. The molecule has 3 heterocycles. The fourth-order valence-corrected chi connectivity index (χ4v) is 2.94. The summed E-state index contributed by atoms with van der Waals surface area (Å²) in [7, 11) is 0. The smallest absolute Gasteiger partial charge is 0.408 e. The van der Waals surface area contributed by atoms with E-state index in [1.54, 1.807) is 23.1 Å². The van der Waals surface area contributed by atoms with Crippen LogP contribution in [0.2, 0.25) is 0 Å². The van der Waals surface area contributed by atoms with Gasteiger partial charge < -0.3 is 13.8 Å². The van der Waals surface area contributed by atoms with E-state index in [0.717, 1.165) is 19.3 Å². The molecule has 1 saturated heterocycles. The number of fused-ring (bicyclic) bond motifs is 1. The van der Waals surface area contributed by atoms with Gasteiger partial charge in [-0.2, -0.15) is 4.98 Å². The Morgan fingerprint density at radius 1 is 1.17 bits per heavy atom. The number of carbonyl (C=O) groups is 1. The highest BCUT2D eigenvalue weighted by Crippen LogP contribution is 2.14. The van der Waals surface area contributed by atoms with E-state index in [2.05, 4.69) is 10.1 Å². The van der Waals surface area contributed by atoms with Crippen molar-refractivity contribution in [2.45, 2.75) is 25.8 Å². The van der Waals surface area contributed by atoms with Crippen molar-refractivity contribution in [1.82, 2.24) is 19.6 Å². The van der Waals surface area contributed by atoms with Crippen LogP contribution in [0.3, 0.4) is 0 Å². The zero-order valence-electron chi connectivity index (χ0n) is 13.0. The van der Waals surface area contributed by atoms with Crippen molar-refractivity contribution in [2.24, 2.45) is 0 Å². The largest absolute Gasteiger partial charge is 0.420 e. The van der Waals surface area contributed by atoms with Crippen LogP contribution in [0.5, 0.6) is 0 Å². The molecule has 1 amide bonds. The van der Waals surface area contributed by atoms with E-state index in [0.29, 0.717) is 24.2 Å². The van der Waals surface area contributed by atoms with Gasteiger partial charge in [0.2, 0.25) is 0 Å². The highest BCUT2D eigenvalue weighted by Gasteiger charge is 2.24. The van der Waals surface area contributed by atoms with Crippen LogP contribution in [0.4, 0.5) is 0 Å². The van der Waals surface area contributed by atoms with Gasteiger partial charge in [-0.05, 0) is 31.4 Å². The van der Waals surface area contributed by atoms with E-state index >= 15 is 0 Å². The summed E-state index contributed by atoms with van der Waals surface area (Å²) < 4.78 is 11.7. The summed E-state index contributed by atoms with van der Waals surface area (Å²) in [6.07, 6.45) is 3.11.